The molecule has 1 aliphatic carbocycles. The van der Waals surface area contributed by atoms with Crippen LogP contribution >= 0.6 is 0 Å². The number of hydrogen-bond acceptors (Lipinski definition) is 3. The molecule has 0 unspecified atom stereocenters. The summed E-state index contributed by atoms with van der Waals surface area (Å²) in [6, 6.07) is 5.93. The van der Waals surface area contributed by atoms with Gasteiger partial charge in [-0.25, -0.2) is 0 Å². The van der Waals surface area contributed by atoms with Crippen molar-refractivity contribution in [1.29, 1.82) is 0 Å². The smallest absolute Gasteiger partial charge is 0.255 e. The van der Waals surface area contributed by atoms with Crippen LogP contribution < -0.4 is 5.32 Å². The third kappa shape index (κ3) is 2.91. The Balaban J connectivity index is 1.78. The highest BCUT2D eigenvalue weighted by Crippen LogP contribution is 2.31. The summed E-state index contributed by atoms with van der Waals surface area (Å²) in [5, 5.41) is 13.8. The van der Waals surface area contributed by atoms with Crippen LogP contribution in [0.2, 0.25) is 0 Å². The first kappa shape index (κ1) is 14.4. The number of aliphatic hydroxyl groups is 1. The van der Waals surface area contributed by atoms with Crippen molar-refractivity contribution in [3.05, 3.63) is 29.3 Å². The standard InChI is InChI=1S/C17H24N2O2/c1-19(12-17(21)9-2-3-10-17)16(20)14-8-4-6-13-7-5-11-18-15(13)14/h4,6,8,18,21H,2-3,5,7,9-12H2,1H3. The maximum absolute atomic E-state index is 12.7. The number of aryl methyl sites for hydroxylation is 1. The van der Waals surface area contributed by atoms with Gasteiger partial charge in [-0.3, -0.25) is 4.79 Å². The monoisotopic (exact) mass is 288 g/mol. The van der Waals surface area contributed by atoms with Gasteiger partial charge in [-0.1, -0.05) is 25.0 Å². The van der Waals surface area contributed by atoms with E-state index < -0.39 is 5.60 Å². The number of rotatable bonds is 3. The van der Waals surface area contributed by atoms with Crippen LogP contribution in [0.4, 0.5) is 5.69 Å². The Hall–Kier alpha value is -1.55. The summed E-state index contributed by atoms with van der Waals surface area (Å²) in [6.45, 7) is 1.35. The SMILES string of the molecule is CN(CC1(O)CCCC1)C(=O)c1cccc2c1NCCC2. The lowest BCUT2D eigenvalue weighted by molar-refractivity contribution is 0.0157. The predicted molar refractivity (Wildman–Crippen MR) is 83.6 cm³/mol. The van der Waals surface area contributed by atoms with Gasteiger partial charge >= 0.3 is 0 Å². The number of nitrogens with one attached hydrogen (secondary N) is 1. The minimum absolute atomic E-state index is 0.00146. The number of fused-ring (bicyclic) bond motifs is 1. The van der Waals surface area contributed by atoms with Crippen molar-refractivity contribution < 1.29 is 9.90 Å². The fourth-order valence-electron chi connectivity index (χ4n) is 3.60. The van der Waals surface area contributed by atoms with Gasteiger partial charge in [0.15, 0.2) is 0 Å². The fourth-order valence-corrected chi connectivity index (χ4v) is 3.60. The summed E-state index contributed by atoms with van der Waals surface area (Å²) >= 11 is 0. The number of carbonyl (C=O) groups excluding carboxylic acids is 1. The largest absolute Gasteiger partial charge is 0.388 e. The fraction of sp³-hybridized carbons (Fsp3) is 0.588. The van der Waals surface area contributed by atoms with Gasteiger partial charge in [0.25, 0.3) is 5.91 Å². The minimum atomic E-state index is -0.688. The summed E-state index contributed by atoms with van der Waals surface area (Å²) in [5.74, 6) is 0.00146. The van der Waals surface area contributed by atoms with Crippen LogP contribution in [-0.2, 0) is 6.42 Å². The molecule has 4 heteroatoms. The average molecular weight is 288 g/mol. The van der Waals surface area contributed by atoms with E-state index in [2.05, 4.69) is 11.4 Å². The molecule has 0 saturated heterocycles. The summed E-state index contributed by atoms with van der Waals surface area (Å²) < 4.78 is 0. The number of carbonyl (C=O) groups is 1. The van der Waals surface area contributed by atoms with Gasteiger partial charge in [0.05, 0.1) is 16.9 Å². The quantitative estimate of drug-likeness (QED) is 0.898. The van der Waals surface area contributed by atoms with E-state index in [4.69, 9.17) is 0 Å². The Kier molecular flexibility index (Phi) is 3.89. The first-order valence-corrected chi connectivity index (χ1v) is 7.93. The molecule has 21 heavy (non-hydrogen) atoms. The number of hydrogen-bond donors (Lipinski definition) is 2. The highest BCUT2D eigenvalue weighted by Gasteiger charge is 2.34. The van der Waals surface area contributed by atoms with E-state index in [1.54, 1.807) is 11.9 Å². The van der Waals surface area contributed by atoms with Gasteiger partial charge < -0.3 is 15.3 Å². The van der Waals surface area contributed by atoms with Gasteiger partial charge in [-0.2, -0.15) is 0 Å². The van der Waals surface area contributed by atoms with Gasteiger partial charge in [0.2, 0.25) is 0 Å². The maximum Gasteiger partial charge on any atom is 0.255 e. The van der Waals surface area contributed by atoms with Crippen molar-refractivity contribution in [2.45, 2.75) is 44.1 Å². The van der Waals surface area contributed by atoms with Crippen LogP contribution in [-0.4, -0.2) is 41.7 Å². The van der Waals surface area contributed by atoms with Crippen LogP contribution in [0.3, 0.4) is 0 Å². The van der Waals surface area contributed by atoms with Crippen LogP contribution in [0.25, 0.3) is 0 Å². The number of benzene rings is 1. The van der Waals surface area contributed by atoms with Crippen molar-refractivity contribution in [1.82, 2.24) is 4.90 Å². The molecule has 0 atom stereocenters. The Morgan fingerprint density at radius 2 is 2.10 bits per heavy atom. The molecule has 3 rings (SSSR count). The van der Waals surface area contributed by atoms with E-state index in [1.165, 1.54) is 5.56 Å². The average Bonchev–Trinajstić information content (AvgIpc) is 2.92. The second-order valence-electron chi connectivity index (χ2n) is 6.46. The predicted octanol–water partition coefficient (Wildman–Crippen LogP) is 2.42. The molecule has 1 saturated carbocycles. The number of likely N-dealkylation sites (N-methyl/N-ethyl adjacent to an activating group) is 1. The molecule has 1 aromatic rings. The van der Waals surface area contributed by atoms with Crippen LogP contribution in [0, 0.1) is 0 Å². The zero-order valence-corrected chi connectivity index (χ0v) is 12.7. The van der Waals surface area contributed by atoms with Gasteiger partial charge in [0.1, 0.15) is 0 Å². The number of amides is 1. The van der Waals surface area contributed by atoms with E-state index in [9.17, 15) is 9.90 Å². The van der Waals surface area contributed by atoms with Gasteiger partial charge in [-0.15, -0.1) is 0 Å². The molecule has 1 aromatic carbocycles. The van der Waals surface area contributed by atoms with E-state index in [0.717, 1.165) is 56.3 Å². The second-order valence-corrected chi connectivity index (χ2v) is 6.46. The molecule has 0 bridgehead atoms. The van der Waals surface area contributed by atoms with Crippen molar-refractivity contribution in [2.75, 3.05) is 25.5 Å². The van der Waals surface area contributed by atoms with Crippen molar-refractivity contribution in [2.24, 2.45) is 0 Å². The third-order valence-corrected chi connectivity index (χ3v) is 4.72. The molecule has 0 radical (unpaired) electrons. The molecular weight excluding hydrogens is 264 g/mol. The van der Waals surface area contributed by atoms with Gasteiger partial charge in [0, 0.05) is 20.1 Å². The first-order chi connectivity index (χ1) is 10.1. The Morgan fingerprint density at radius 1 is 1.33 bits per heavy atom. The van der Waals surface area contributed by atoms with E-state index in [1.807, 2.05) is 12.1 Å². The zero-order chi connectivity index (χ0) is 14.9. The van der Waals surface area contributed by atoms with E-state index in [-0.39, 0.29) is 5.91 Å². The molecular formula is C17H24N2O2. The van der Waals surface area contributed by atoms with E-state index in [0.29, 0.717) is 6.54 Å². The molecule has 0 spiro atoms. The summed E-state index contributed by atoms with van der Waals surface area (Å²) in [5.41, 5.74) is 2.25. The Labute approximate surface area is 126 Å². The normalized spacial score (nSPS) is 19.7. The molecule has 1 amide bonds. The highest BCUT2D eigenvalue weighted by molar-refractivity contribution is 6.00. The maximum atomic E-state index is 12.7. The second kappa shape index (κ2) is 5.68. The molecule has 4 nitrogen and oxygen atoms in total. The molecule has 2 aliphatic rings. The van der Waals surface area contributed by atoms with Crippen molar-refractivity contribution >= 4 is 11.6 Å². The van der Waals surface area contributed by atoms with Crippen molar-refractivity contribution in [3.8, 4) is 0 Å². The van der Waals surface area contributed by atoms with Crippen LogP contribution in [0.1, 0.15) is 48.0 Å². The number of anilines is 1. The Morgan fingerprint density at radius 3 is 2.86 bits per heavy atom. The lowest BCUT2D eigenvalue weighted by Crippen LogP contribution is -2.42. The lowest BCUT2D eigenvalue weighted by atomic mass is 9.98. The molecule has 0 aromatic heterocycles. The summed E-state index contributed by atoms with van der Waals surface area (Å²) in [6.07, 6.45) is 5.85. The van der Waals surface area contributed by atoms with E-state index >= 15 is 0 Å². The first-order valence-electron chi connectivity index (χ1n) is 7.93. The highest BCUT2D eigenvalue weighted by atomic mass is 16.3. The molecule has 1 aliphatic heterocycles. The van der Waals surface area contributed by atoms with Crippen LogP contribution in [0.15, 0.2) is 18.2 Å². The molecule has 1 fully saturated rings. The molecule has 2 N–H and O–H groups in total. The Bertz CT molecular complexity index is 536. The number of para-hydroxylation sites is 1. The summed E-state index contributed by atoms with van der Waals surface area (Å²) in [7, 11) is 1.79. The zero-order valence-electron chi connectivity index (χ0n) is 12.7. The summed E-state index contributed by atoms with van der Waals surface area (Å²) in [4.78, 5) is 14.4. The molecule has 1 heterocycles. The van der Waals surface area contributed by atoms with Gasteiger partial charge in [-0.05, 0) is 37.3 Å². The molecule has 114 valence electrons. The number of nitrogens with zero attached hydrogens (tertiary/aromatic N) is 1. The minimum Gasteiger partial charge on any atom is -0.388 e. The lowest BCUT2D eigenvalue weighted by Gasteiger charge is -2.30. The third-order valence-electron chi connectivity index (χ3n) is 4.72. The van der Waals surface area contributed by atoms with Crippen LogP contribution in [0.5, 0.6) is 0 Å². The van der Waals surface area contributed by atoms with Crippen molar-refractivity contribution in [3.63, 3.8) is 0 Å². The topological polar surface area (TPSA) is 52.6 Å².